The molecule has 0 amide bonds. The van der Waals surface area contributed by atoms with Crippen LogP contribution >= 0.6 is 0 Å². The fraction of sp³-hybridized carbons (Fsp3) is 0.345. The minimum Gasteiger partial charge on any atom is -0.426 e. The quantitative estimate of drug-likeness (QED) is 0.273. The van der Waals surface area contributed by atoms with Crippen molar-refractivity contribution in [2.24, 2.45) is 5.92 Å². The zero-order valence-electron chi connectivity index (χ0n) is 19.5. The smallest absolute Gasteiger partial charge is 0.314 e. The number of carbonyl (C=O) groups is 1. The third-order valence-corrected chi connectivity index (χ3v) is 6.78. The fourth-order valence-corrected chi connectivity index (χ4v) is 4.72. The molecule has 3 aromatic carbocycles. The van der Waals surface area contributed by atoms with Crippen molar-refractivity contribution in [2.75, 3.05) is 0 Å². The molecule has 34 heavy (non-hydrogen) atoms. The molecule has 1 aliphatic carbocycles. The second-order valence-electron chi connectivity index (χ2n) is 9.16. The van der Waals surface area contributed by atoms with E-state index in [0.29, 0.717) is 42.4 Å². The number of ether oxygens (including phenoxy) is 1. The molecule has 5 heteroatoms. The molecule has 1 saturated carbocycles. The van der Waals surface area contributed by atoms with Gasteiger partial charge in [-0.1, -0.05) is 55.8 Å². The predicted octanol–water partition coefficient (Wildman–Crippen LogP) is 7.91. The SMILES string of the molecule is CCCc1ccc(-c2ccc(C3CCC(C(=O)Oc4ccc(C)c(F)c4)CC3)c(F)c2F)cc1. The van der Waals surface area contributed by atoms with Crippen LogP contribution in [-0.2, 0) is 11.2 Å². The highest BCUT2D eigenvalue weighted by molar-refractivity contribution is 5.75. The number of hydrogen-bond donors (Lipinski definition) is 0. The van der Waals surface area contributed by atoms with Gasteiger partial charge in [-0.2, -0.15) is 0 Å². The molecule has 0 heterocycles. The summed E-state index contributed by atoms with van der Waals surface area (Å²) in [5.41, 5.74) is 2.92. The van der Waals surface area contributed by atoms with Gasteiger partial charge in [-0.15, -0.1) is 0 Å². The van der Waals surface area contributed by atoms with E-state index in [4.69, 9.17) is 4.74 Å². The van der Waals surface area contributed by atoms with Gasteiger partial charge in [-0.05, 0) is 73.3 Å². The molecule has 0 aromatic heterocycles. The van der Waals surface area contributed by atoms with E-state index < -0.39 is 23.4 Å². The standard InChI is InChI=1S/C29H29F3O2/c1-3-4-19-6-8-20(9-7-19)24-15-16-25(28(32)27(24)31)21-10-12-22(13-11-21)29(33)34-23-14-5-18(2)26(30)17-23/h5-9,14-17,21-22H,3-4,10-13H2,1-2H3. The molecular weight excluding hydrogens is 437 g/mol. The van der Waals surface area contributed by atoms with E-state index in [0.717, 1.165) is 12.8 Å². The highest BCUT2D eigenvalue weighted by atomic mass is 19.2. The average molecular weight is 467 g/mol. The second kappa shape index (κ2) is 10.5. The van der Waals surface area contributed by atoms with Gasteiger partial charge in [0.2, 0.25) is 0 Å². The van der Waals surface area contributed by atoms with E-state index >= 15 is 4.39 Å². The van der Waals surface area contributed by atoms with E-state index in [9.17, 15) is 13.6 Å². The number of halogens is 3. The maximum atomic E-state index is 15.0. The molecule has 0 aliphatic heterocycles. The van der Waals surface area contributed by atoms with Crippen molar-refractivity contribution >= 4 is 5.97 Å². The van der Waals surface area contributed by atoms with Crippen molar-refractivity contribution in [1.29, 1.82) is 0 Å². The summed E-state index contributed by atoms with van der Waals surface area (Å²) in [4.78, 5) is 12.5. The first-order valence-corrected chi connectivity index (χ1v) is 11.9. The lowest BCUT2D eigenvalue weighted by Gasteiger charge is -2.28. The first-order chi connectivity index (χ1) is 16.4. The van der Waals surface area contributed by atoms with Crippen LogP contribution in [0.2, 0.25) is 0 Å². The summed E-state index contributed by atoms with van der Waals surface area (Å²) >= 11 is 0. The normalized spacial score (nSPS) is 18.0. The topological polar surface area (TPSA) is 26.3 Å². The molecule has 0 saturated heterocycles. The van der Waals surface area contributed by atoms with Gasteiger partial charge in [0.25, 0.3) is 0 Å². The summed E-state index contributed by atoms with van der Waals surface area (Å²) in [5.74, 6) is -2.78. The van der Waals surface area contributed by atoms with Crippen LogP contribution in [0.15, 0.2) is 54.6 Å². The Bertz CT molecular complexity index is 1160. The summed E-state index contributed by atoms with van der Waals surface area (Å²) in [5, 5.41) is 0. The summed E-state index contributed by atoms with van der Waals surface area (Å²) in [6.07, 6.45) is 4.13. The Morgan fingerprint density at radius 1 is 0.912 bits per heavy atom. The van der Waals surface area contributed by atoms with Crippen LogP contribution in [-0.4, -0.2) is 5.97 Å². The molecule has 0 bridgehead atoms. The number of aryl methyl sites for hydroxylation is 2. The van der Waals surface area contributed by atoms with E-state index in [1.807, 2.05) is 24.3 Å². The maximum absolute atomic E-state index is 15.0. The van der Waals surface area contributed by atoms with E-state index in [-0.39, 0.29) is 23.1 Å². The summed E-state index contributed by atoms with van der Waals surface area (Å²) in [6, 6.07) is 15.2. The van der Waals surface area contributed by atoms with Gasteiger partial charge in [0.15, 0.2) is 11.6 Å². The van der Waals surface area contributed by atoms with Gasteiger partial charge < -0.3 is 4.74 Å². The van der Waals surface area contributed by atoms with Crippen LogP contribution in [0, 0.1) is 30.3 Å². The van der Waals surface area contributed by atoms with Gasteiger partial charge in [0.05, 0.1) is 5.92 Å². The molecule has 2 nitrogen and oxygen atoms in total. The molecule has 4 rings (SSSR count). The lowest BCUT2D eigenvalue weighted by molar-refractivity contribution is -0.140. The van der Waals surface area contributed by atoms with Gasteiger partial charge in [0.1, 0.15) is 11.6 Å². The van der Waals surface area contributed by atoms with Crippen LogP contribution in [0.1, 0.15) is 61.6 Å². The first kappa shape index (κ1) is 24.1. The van der Waals surface area contributed by atoms with E-state index in [1.165, 1.54) is 11.6 Å². The van der Waals surface area contributed by atoms with Crippen LogP contribution in [0.25, 0.3) is 11.1 Å². The van der Waals surface area contributed by atoms with Gasteiger partial charge in [-0.25, -0.2) is 13.2 Å². The first-order valence-electron chi connectivity index (χ1n) is 11.9. The molecule has 0 unspecified atom stereocenters. The number of hydrogen-bond acceptors (Lipinski definition) is 2. The van der Waals surface area contributed by atoms with Crippen molar-refractivity contribution in [3.8, 4) is 16.9 Å². The van der Waals surface area contributed by atoms with E-state index in [2.05, 4.69) is 6.92 Å². The zero-order chi connectivity index (χ0) is 24.2. The number of esters is 1. The Balaban J connectivity index is 1.41. The molecule has 178 valence electrons. The largest absolute Gasteiger partial charge is 0.426 e. The third-order valence-electron chi connectivity index (χ3n) is 6.78. The van der Waals surface area contributed by atoms with Crippen LogP contribution in [0.4, 0.5) is 13.2 Å². The van der Waals surface area contributed by atoms with Gasteiger partial charge in [0, 0.05) is 11.6 Å². The van der Waals surface area contributed by atoms with E-state index in [1.54, 1.807) is 31.2 Å². The molecule has 1 fully saturated rings. The van der Waals surface area contributed by atoms with Crippen LogP contribution in [0.5, 0.6) is 5.75 Å². The van der Waals surface area contributed by atoms with Crippen molar-refractivity contribution in [3.63, 3.8) is 0 Å². The number of benzene rings is 3. The monoisotopic (exact) mass is 466 g/mol. The Kier molecular flexibility index (Phi) is 7.40. The number of rotatable bonds is 6. The second-order valence-corrected chi connectivity index (χ2v) is 9.16. The van der Waals surface area contributed by atoms with Crippen molar-refractivity contribution in [1.82, 2.24) is 0 Å². The predicted molar refractivity (Wildman–Crippen MR) is 127 cm³/mol. The minimum atomic E-state index is -0.830. The lowest BCUT2D eigenvalue weighted by Crippen LogP contribution is -2.25. The van der Waals surface area contributed by atoms with Gasteiger partial charge >= 0.3 is 5.97 Å². The maximum Gasteiger partial charge on any atom is 0.314 e. The molecule has 3 aromatic rings. The Labute approximate surface area is 198 Å². The summed E-state index contributed by atoms with van der Waals surface area (Å²) < 4.78 is 49.1. The highest BCUT2D eigenvalue weighted by Crippen LogP contribution is 2.39. The van der Waals surface area contributed by atoms with Crippen molar-refractivity contribution in [3.05, 3.63) is 88.7 Å². The van der Waals surface area contributed by atoms with Crippen molar-refractivity contribution < 1.29 is 22.7 Å². The number of carbonyl (C=O) groups excluding carboxylic acids is 1. The third kappa shape index (κ3) is 5.19. The lowest BCUT2D eigenvalue weighted by atomic mass is 9.78. The Morgan fingerprint density at radius 2 is 1.62 bits per heavy atom. The molecule has 0 radical (unpaired) electrons. The summed E-state index contributed by atoms with van der Waals surface area (Å²) in [6.45, 7) is 3.74. The molecule has 0 N–H and O–H groups in total. The van der Waals surface area contributed by atoms with Gasteiger partial charge in [-0.3, -0.25) is 4.79 Å². The molecule has 1 aliphatic rings. The molecular formula is C29H29F3O2. The summed E-state index contributed by atoms with van der Waals surface area (Å²) in [7, 11) is 0. The Hall–Kier alpha value is -3.08. The van der Waals surface area contributed by atoms with Crippen LogP contribution in [0.3, 0.4) is 0 Å². The Morgan fingerprint density at radius 3 is 2.26 bits per heavy atom. The van der Waals surface area contributed by atoms with Crippen molar-refractivity contribution in [2.45, 2.75) is 58.3 Å². The zero-order valence-corrected chi connectivity index (χ0v) is 19.5. The molecule has 0 spiro atoms. The fourth-order valence-electron chi connectivity index (χ4n) is 4.72. The minimum absolute atomic E-state index is 0.156. The molecule has 0 atom stereocenters. The highest BCUT2D eigenvalue weighted by Gasteiger charge is 2.31. The van der Waals surface area contributed by atoms with Crippen LogP contribution < -0.4 is 4.74 Å². The average Bonchev–Trinajstić information content (AvgIpc) is 2.84.